The molecule has 0 saturated carbocycles. The fourth-order valence-corrected chi connectivity index (χ4v) is 4.07. The van der Waals surface area contributed by atoms with Gasteiger partial charge in [-0.15, -0.1) is 0 Å². The lowest BCUT2D eigenvalue weighted by Crippen LogP contribution is -2.56. The highest BCUT2D eigenvalue weighted by atomic mass is 16.6. The molecule has 0 aromatic carbocycles. The molecular formula is C15H24N2O4. The first-order valence-corrected chi connectivity index (χ1v) is 7.71. The molecule has 0 aromatic heterocycles. The van der Waals surface area contributed by atoms with Crippen LogP contribution in [-0.4, -0.2) is 52.3 Å². The minimum absolute atomic E-state index is 0.00269. The Hall–Kier alpha value is -1.30. The van der Waals surface area contributed by atoms with Gasteiger partial charge in [-0.05, 0) is 46.5 Å². The maximum Gasteiger partial charge on any atom is 0.410 e. The number of fused-ring (bicyclic) bond motifs is 2. The van der Waals surface area contributed by atoms with Crippen molar-refractivity contribution in [1.82, 2.24) is 10.2 Å². The second kappa shape index (κ2) is 4.60. The lowest BCUT2D eigenvalue weighted by molar-refractivity contribution is -0.136. The van der Waals surface area contributed by atoms with E-state index < -0.39 is 17.1 Å². The number of β-amino-alcohol motifs (C(OH)–C–C–N with tert-alkyl or cyclic N) is 1. The van der Waals surface area contributed by atoms with Crippen LogP contribution in [0.5, 0.6) is 0 Å². The molecule has 3 unspecified atom stereocenters. The highest BCUT2D eigenvalue weighted by molar-refractivity contribution is 5.86. The van der Waals surface area contributed by atoms with Gasteiger partial charge in [-0.2, -0.15) is 0 Å². The second-order valence-electron chi connectivity index (χ2n) is 7.56. The van der Waals surface area contributed by atoms with Gasteiger partial charge in [-0.3, -0.25) is 4.79 Å². The van der Waals surface area contributed by atoms with Gasteiger partial charge in [0, 0.05) is 18.6 Å². The molecule has 6 heteroatoms. The predicted octanol–water partition coefficient (Wildman–Crippen LogP) is 1.03. The Labute approximate surface area is 124 Å². The number of carbonyl (C=O) groups is 2. The number of hydrogen-bond donors (Lipinski definition) is 2. The van der Waals surface area contributed by atoms with E-state index >= 15 is 0 Å². The van der Waals surface area contributed by atoms with Crippen LogP contribution < -0.4 is 5.32 Å². The maximum absolute atomic E-state index is 12.4. The van der Waals surface area contributed by atoms with Crippen LogP contribution in [0, 0.1) is 5.41 Å². The van der Waals surface area contributed by atoms with Crippen LogP contribution in [0.25, 0.3) is 0 Å². The van der Waals surface area contributed by atoms with Crippen molar-refractivity contribution in [2.45, 2.75) is 70.2 Å². The zero-order valence-electron chi connectivity index (χ0n) is 12.9. The molecule has 3 aliphatic rings. The van der Waals surface area contributed by atoms with Crippen molar-refractivity contribution in [3.05, 3.63) is 0 Å². The molecule has 3 rings (SSSR count). The molecule has 0 aromatic rings. The van der Waals surface area contributed by atoms with Crippen molar-refractivity contribution in [1.29, 1.82) is 0 Å². The zero-order chi connectivity index (χ0) is 15.4. The maximum atomic E-state index is 12.4. The Balaban J connectivity index is 1.79. The third kappa shape index (κ3) is 2.29. The summed E-state index contributed by atoms with van der Waals surface area (Å²) in [6, 6.07) is -0.00537. The number of amides is 2. The number of nitrogens with zero attached hydrogens (tertiary/aromatic N) is 1. The van der Waals surface area contributed by atoms with E-state index in [1.54, 1.807) is 4.90 Å². The minimum Gasteiger partial charge on any atom is -0.444 e. The van der Waals surface area contributed by atoms with Crippen molar-refractivity contribution in [3.8, 4) is 0 Å². The molecular weight excluding hydrogens is 272 g/mol. The first kappa shape index (κ1) is 14.6. The number of aliphatic hydroxyl groups is 1. The summed E-state index contributed by atoms with van der Waals surface area (Å²) in [6.45, 7) is 5.88. The van der Waals surface area contributed by atoms with Gasteiger partial charge in [-0.25, -0.2) is 4.79 Å². The van der Waals surface area contributed by atoms with Crippen LogP contribution in [0.1, 0.15) is 46.5 Å². The van der Waals surface area contributed by atoms with Gasteiger partial charge in [0.05, 0.1) is 11.5 Å². The summed E-state index contributed by atoms with van der Waals surface area (Å²) in [5.74, 6) is -0.0595. The van der Waals surface area contributed by atoms with Gasteiger partial charge in [0.15, 0.2) is 0 Å². The Kier molecular flexibility index (Phi) is 3.20. The van der Waals surface area contributed by atoms with E-state index in [4.69, 9.17) is 4.74 Å². The summed E-state index contributed by atoms with van der Waals surface area (Å²) in [6.07, 6.45) is 1.90. The van der Waals surface area contributed by atoms with Crippen LogP contribution in [0.3, 0.4) is 0 Å². The van der Waals surface area contributed by atoms with Crippen molar-refractivity contribution in [3.63, 3.8) is 0 Å². The van der Waals surface area contributed by atoms with Gasteiger partial charge >= 0.3 is 6.09 Å². The highest BCUT2D eigenvalue weighted by Gasteiger charge is 2.59. The number of ether oxygens (including phenoxy) is 1. The number of aliphatic hydroxyl groups excluding tert-OH is 1. The molecule has 3 atom stereocenters. The number of nitrogens with one attached hydrogen (secondary N) is 1. The van der Waals surface area contributed by atoms with Crippen molar-refractivity contribution < 1.29 is 19.4 Å². The summed E-state index contributed by atoms with van der Waals surface area (Å²) in [7, 11) is 0. The molecule has 118 valence electrons. The van der Waals surface area contributed by atoms with Crippen LogP contribution in [-0.2, 0) is 9.53 Å². The standard InChI is InChI=1S/C15H24N2O4/c1-14(2,3)21-13(20)17-9-4-5-10(17)7-15(6-9)11(18)8-16-12(15)19/h9-11,18H,4-8H2,1-3H3,(H,16,19). The summed E-state index contributed by atoms with van der Waals surface area (Å²) in [4.78, 5) is 26.4. The first-order valence-electron chi connectivity index (χ1n) is 7.71. The number of carbonyl (C=O) groups excluding carboxylic acids is 2. The normalized spacial score (nSPS) is 38.8. The molecule has 2 N–H and O–H groups in total. The summed E-state index contributed by atoms with van der Waals surface area (Å²) in [5, 5.41) is 13.0. The third-order valence-electron chi connectivity index (χ3n) is 4.97. The Bertz CT molecular complexity index is 457. The van der Waals surface area contributed by atoms with Crippen LogP contribution in [0.15, 0.2) is 0 Å². The lowest BCUT2D eigenvalue weighted by Gasteiger charge is -2.44. The SMILES string of the molecule is CC(C)(C)OC(=O)N1C2CCC1CC1(C2)C(=O)NCC1O. The fourth-order valence-electron chi connectivity index (χ4n) is 4.07. The van der Waals surface area contributed by atoms with E-state index in [9.17, 15) is 14.7 Å². The van der Waals surface area contributed by atoms with Crippen molar-refractivity contribution in [2.75, 3.05) is 6.54 Å². The molecule has 3 fully saturated rings. The predicted molar refractivity (Wildman–Crippen MR) is 75.6 cm³/mol. The van der Waals surface area contributed by atoms with Gasteiger partial charge in [-0.1, -0.05) is 0 Å². The molecule has 0 radical (unpaired) electrons. The quantitative estimate of drug-likeness (QED) is 0.699. The monoisotopic (exact) mass is 296 g/mol. The Morgan fingerprint density at radius 1 is 1.33 bits per heavy atom. The van der Waals surface area contributed by atoms with Crippen LogP contribution in [0.4, 0.5) is 4.79 Å². The van der Waals surface area contributed by atoms with Crippen LogP contribution >= 0.6 is 0 Å². The van der Waals surface area contributed by atoms with Gasteiger partial charge in [0.25, 0.3) is 0 Å². The number of rotatable bonds is 0. The van der Waals surface area contributed by atoms with E-state index in [-0.39, 0.29) is 24.1 Å². The average molecular weight is 296 g/mol. The molecule has 3 aliphatic heterocycles. The smallest absolute Gasteiger partial charge is 0.410 e. The molecule has 2 bridgehead atoms. The fraction of sp³-hybridized carbons (Fsp3) is 0.867. The topological polar surface area (TPSA) is 78.9 Å². The zero-order valence-corrected chi connectivity index (χ0v) is 12.9. The second-order valence-corrected chi connectivity index (χ2v) is 7.56. The van der Waals surface area contributed by atoms with E-state index in [0.29, 0.717) is 19.4 Å². The van der Waals surface area contributed by atoms with Crippen molar-refractivity contribution >= 4 is 12.0 Å². The molecule has 3 heterocycles. The molecule has 21 heavy (non-hydrogen) atoms. The molecule has 3 saturated heterocycles. The number of hydrogen-bond acceptors (Lipinski definition) is 4. The van der Waals surface area contributed by atoms with E-state index in [1.807, 2.05) is 20.8 Å². The van der Waals surface area contributed by atoms with E-state index in [0.717, 1.165) is 12.8 Å². The first-order chi connectivity index (χ1) is 9.73. The van der Waals surface area contributed by atoms with Gasteiger partial charge < -0.3 is 20.1 Å². The third-order valence-corrected chi connectivity index (χ3v) is 4.97. The molecule has 1 spiro atoms. The Morgan fingerprint density at radius 2 is 1.90 bits per heavy atom. The van der Waals surface area contributed by atoms with Crippen LogP contribution in [0.2, 0.25) is 0 Å². The number of piperidine rings is 1. The summed E-state index contributed by atoms with van der Waals surface area (Å²) in [5.41, 5.74) is -1.22. The van der Waals surface area contributed by atoms with E-state index in [1.165, 1.54) is 0 Å². The average Bonchev–Trinajstić information content (AvgIpc) is 2.77. The minimum atomic E-state index is -0.704. The largest absolute Gasteiger partial charge is 0.444 e. The van der Waals surface area contributed by atoms with Crippen molar-refractivity contribution in [2.24, 2.45) is 5.41 Å². The summed E-state index contributed by atoms with van der Waals surface area (Å²) >= 11 is 0. The summed E-state index contributed by atoms with van der Waals surface area (Å²) < 4.78 is 5.49. The van der Waals surface area contributed by atoms with Gasteiger partial charge in [0.2, 0.25) is 5.91 Å². The Morgan fingerprint density at radius 3 is 2.33 bits per heavy atom. The van der Waals surface area contributed by atoms with E-state index in [2.05, 4.69) is 5.32 Å². The molecule has 2 amide bonds. The molecule has 0 aliphatic carbocycles. The lowest BCUT2D eigenvalue weighted by atomic mass is 9.72. The van der Waals surface area contributed by atoms with Gasteiger partial charge in [0.1, 0.15) is 5.60 Å². The molecule has 6 nitrogen and oxygen atoms in total. The highest BCUT2D eigenvalue weighted by Crippen LogP contribution is 2.49.